The van der Waals surface area contributed by atoms with E-state index in [4.69, 9.17) is 4.98 Å². The Morgan fingerprint density at radius 1 is 1.10 bits per heavy atom. The van der Waals surface area contributed by atoms with Crippen LogP contribution in [0.4, 0.5) is 0 Å². The van der Waals surface area contributed by atoms with Crippen LogP contribution in [-0.2, 0) is 6.42 Å². The van der Waals surface area contributed by atoms with Crippen LogP contribution in [0.2, 0.25) is 0 Å². The molecule has 0 atom stereocenters. The second-order valence-corrected chi connectivity index (χ2v) is 11.4. The van der Waals surface area contributed by atoms with Gasteiger partial charge in [0.05, 0.1) is 11.0 Å². The summed E-state index contributed by atoms with van der Waals surface area (Å²) in [5.74, 6) is 1.52. The molecule has 1 aliphatic carbocycles. The van der Waals surface area contributed by atoms with E-state index in [1.165, 1.54) is 37.7 Å². The Morgan fingerprint density at radius 3 is 2.62 bits per heavy atom. The van der Waals surface area contributed by atoms with Gasteiger partial charge in [-0.25, -0.2) is 4.98 Å². The molecule has 0 bridgehead atoms. The molecule has 7 heteroatoms. The van der Waals surface area contributed by atoms with Crippen LogP contribution in [0.25, 0.3) is 35.4 Å². The summed E-state index contributed by atoms with van der Waals surface area (Å²) in [5, 5.41) is 9.44. The van der Waals surface area contributed by atoms with E-state index >= 15 is 0 Å². The lowest BCUT2D eigenvalue weighted by Crippen LogP contribution is -2.43. The summed E-state index contributed by atoms with van der Waals surface area (Å²) in [7, 11) is 2.16. The third-order valence-corrected chi connectivity index (χ3v) is 8.37. The van der Waals surface area contributed by atoms with Gasteiger partial charge in [0.2, 0.25) is 0 Å². The first kappa shape index (κ1) is 27.8. The molecule has 1 saturated heterocycles. The summed E-state index contributed by atoms with van der Waals surface area (Å²) in [6, 6.07) is 2.30. The Balaban J connectivity index is 1.36. The standard InChI is InChI=1S/C33H43N7/c1-6-10-30(40-17-15-39(5)16-18-40)32-25(4)35-33(36-32)31-24(3)29(37-38-31)14-13-23(2)28-20-27(21-34-22-28)19-26-11-8-7-9-12-26/h6,10,13-14,20-22,26,37H,1,3,7-9,11-12,15-19H2,2,4-5H3,(H,35,36)/b23-13+,29-14+,30-10+. The van der Waals surface area contributed by atoms with E-state index in [1.54, 1.807) is 0 Å². The molecular weight excluding hydrogens is 494 g/mol. The highest BCUT2D eigenvalue weighted by Crippen LogP contribution is 2.28. The van der Waals surface area contributed by atoms with Crippen molar-refractivity contribution in [3.63, 3.8) is 0 Å². The van der Waals surface area contributed by atoms with Crippen molar-refractivity contribution >= 4 is 23.9 Å². The minimum absolute atomic E-state index is 0.720. The zero-order valence-electron chi connectivity index (χ0n) is 24.3. The molecule has 0 amide bonds. The lowest BCUT2D eigenvalue weighted by molar-refractivity contribution is 0.207. The van der Waals surface area contributed by atoms with Crippen molar-refractivity contribution < 1.29 is 0 Å². The van der Waals surface area contributed by atoms with Crippen LogP contribution in [0.15, 0.2) is 43.3 Å². The van der Waals surface area contributed by atoms with Gasteiger partial charge in [0.15, 0.2) is 5.82 Å². The predicted molar refractivity (Wildman–Crippen MR) is 166 cm³/mol. The fourth-order valence-electron chi connectivity index (χ4n) is 5.87. The van der Waals surface area contributed by atoms with Crippen LogP contribution in [0.5, 0.6) is 0 Å². The highest BCUT2D eigenvalue weighted by Gasteiger charge is 2.22. The summed E-state index contributed by atoms with van der Waals surface area (Å²) in [6.45, 7) is 16.4. The maximum absolute atomic E-state index is 4.98. The number of rotatable bonds is 8. The zero-order valence-corrected chi connectivity index (χ0v) is 24.3. The molecular formula is C33H43N7. The largest absolute Gasteiger partial charge is 0.367 e. The maximum Gasteiger partial charge on any atom is 0.159 e. The SMILES string of the molecule is C=C/C=C(\c1nc(-c2n[nH]/c(=C/C=C(\C)c3cncc(CC4CCCCC4)c3)c2=C)[nH]c1C)N1CCN(C)CC1. The van der Waals surface area contributed by atoms with Gasteiger partial charge >= 0.3 is 0 Å². The number of piperazine rings is 1. The van der Waals surface area contributed by atoms with Gasteiger partial charge in [-0.05, 0) is 68.2 Å². The zero-order chi connectivity index (χ0) is 28.1. The third-order valence-electron chi connectivity index (χ3n) is 8.37. The molecule has 3 aromatic heterocycles. The molecule has 0 unspecified atom stereocenters. The van der Waals surface area contributed by atoms with Gasteiger partial charge in [-0.2, -0.15) is 5.10 Å². The van der Waals surface area contributed by atoms with E-state index in [-0.39, 0.29) is 0 Å². The number of nitrogens with zero attached hydrogens (tertiary/aromatic N) is 5. The molecule has 2 N–H and O–H groups in total. The number of nitrogens with one attached hydrogen (secondary N) is 2. The Labute approximate surface area is 238 Å². The number of imidazole rings is 1. The molecule has 4 heterocycles. The number of aromatic amines is 2. The van der Waals surface area contributed by atoms with Gasteiger partial charge in [0.25, 0.3) is 0 Å². The maximum atomic E-state index is 4.98. The van der Waals surface area contributed by atoms with Gasteiger partial charge < -0.3 is 14.8 Å². The van der Waals surface area contributed by atoms with Gasteiger partial charge in [-0.1, -0.05) is 57.4 Å². The summed E-state index contributed by atoms with van der Waals surface area (Å²) in [4.78, 5) is 17.7. The Kier molecular flexibility index (Phi) is 8.80. The number of aryl methyl sites for hydroxylation is 1. The molecule has 40 heavy (non-hydrogen) atoms. The molecule has 2 aliphatic rings. The van der Waals surface area contributed by atoms with E-state index in [2.05, 4.69) is 82.2 Å². The fraction of sp³-hybridized carbons (Fsp3) is 0.424. The topological polar surface area (TPSA) is 76.7 Å². The lowest BCUT2D eigenvalue weighted by atomic mass is 9.85. The first-order valence-electron chi connectivity index (χ1n) is 14.6. The van der Waals surface area contributed by atoms with Gasteiger partial charge in [0.1, 0.15) is 11.4 Å². The van der Waals surface area contributed by atoms with Crippen LogP contribution >= 0.6 is 0 Å². The van der Waals surface area contributed by atoms with E-state index < -0.39 is 0 Å². The number of likely N-dealkylation sites (N-methyl/N-ethyl adjacent to an activating group) is 1. The number of H-pyrrole nitrogens is 2. The van der Waals surface area contributed by atoms with Crippen molar-refractivity contribution in [1.29, 1.82) is 0 Å². The van der Waals surface area contributed by atoms with E-state index in [1.807, 2.05) is 24.5 Å². The minimum atomic E-state index is 0.720. The molecule has 1 aliphatic heterocycles. The second-order valence-electron chi connectivity index (χ2n) is 11.4. The molecule has 7 nitrogen and oxygen atoms in total. The highest BCUT2D eigenvalue weighted by molar-refractivity contribution is 5.70. The Morgan fingerprint density at radius 2 is 1.88 bits per heavy atom. The normalized spacial score (nSPS) is 18.5. The summed E-state index contributed by atoms with van der Waals surface area (Å²) < 4.78 is 0. The lowest BCUT2D eigenvalue weighted by Gasteiger charge is -2.35. The monoisotopic (exact) mass is 537 g/mol. The van der Waals surface area contributed by atoms with Crippen molar-refractivity contribution in [3.8, 4) is 11.5 Å². The molecule has 210 valence electrons. The molecule has 0 radical (unpaired) electrons. The van der Waals surface area contributed by atoms with E-state index in [9.17, 15) is 0 Å². The van der Waals surface area contributed by atoms with Crippen LogP contribution in [0.1, 0.15) is 61.5 Å². The number of hydrogen-bond acceptors (Lipinski definition) is 5. The summed E-state index contributed by atoms with van der Waals surface area (Å²) >= 11 is 0. The number of aromatic nitrogens is 5. The Hall–Kier alpha value is -3.71. The van der Waals surface area contributed by atoms with Crippen LogP contribution in [-0.4, -0.2) is 68.2 Å². The van der Waals surface area contributed by atoms with Crippen LogP contribution in [0.3, 0.4) is 0 Å². The van der Waals surface area contributed by atoms with Crippen LogP contribution in [0, 0.1) is 12.8 Å². The van der Waals surface area contributed by atoms with Crippen LogP contribution < -0.4 is 10.6 Å². The van der Waals surface area contributed by atoms with Gasteiger partial charge in [-0.3, -0.25) is 10.1 Å². The van der Waals surface area contributed by atoms with Gasteiger partial charge in [-0.15, -0.1) is 0 Å². The van der Waals surface area contributed by atoms with Gasteiger partial charge in [0, 0.05) is 49.5 Å². The first-order valence-corrected chi connectivity index (χ1v) is 14.6. The predicted octanol–water partition coefficient (Wildman–Crippen LogP) is 4.69. The second kappa shape index (κ2) is 12.6. The molecule has 0 spiro atoms. The average Bonchev–Trinajstić information content (AvgIpc) is 3.53. The molecule has 3 aromatic rings. The number of allylic oxidation sites excluding steroid dienone is 4. The number of pyridine rings is 1. The van der Waals surface area contributed by atoms with Crippen molar-refractivity contribution in [1.82, 2.24) is 34.9 Å². The molecule has 2 fully saturated rings. The molecule has 5 rings (SSSR count). The van der Waals surface area contributed by atoms with Crippen molar-refractivity contribution in [2.75, 3.05) is 33.2 Å². The van der Waals surface area contributed by atoms with Crippen molar-refractivity contribution in [2.45, 2.75) is 52.4 Å². The number of hydrogen-bond donors (Lipinski definition) is 2. The van der Waals surface area contributed by atoms with E-state index in [0.717, 1.165) is 88.8 Å². The summed E-state index contributed by atoms with van der Waals surface area (Å²) in [5.41, 5.74) is 7.43. The Bertz CT molecular complexity index is 1490. The smallest absolute Gasteiger partial charge is 0.159 e. The first-order chi connectivity index (χ1) is 19.4. The quantitative estimate of drug-likeness (QED) is 0.408. The molecule has 1 saturated carbocycles. The van der Waals surface area contributed by atoms with E-state index in [0.29, 0.717) is 0 Å². The fourth-order valence-corrected chi connectivity index (χ4v) is 5.87. The minimum Gasteiger partial charge on any atom is -0.367 e. The van der Waals surface area contributed by atoms with Crippen molar-refractivity contribution in [3.05, 3.63) is 76.3 Å². The highest BCUT2D eigenvalue weighted by atomic mass is 15.3. The average molecular weight is 538 g/mol. The van der Waals surface area contributed by atoms with Crippen molar-refractivity contribution in [2.24, 2.45) is 5.92 Å². The summed E-state index contributed by atoms with van der Waals surface area (Å²) in [6.07, 6.45) is 20.0. The molecule has 0 aromatic carbocycles. The third kappa shape index (κ3) is 6.36.